The Morgan fingerprint density at radius 3 is 2.44 bits per heavy atom. The highest BCUT2D eigenvalue weighted by molar-refractivity contribution is 8.24. The minimum atomic E-state index is -1.28. The third-order valence-corrected chi connectivity index (χ3v) is 6.45. The van der Waals surface area contributed by atoms with Crippen molar-refractivity contribution in [1.29, 1.82) is 0 Å². The predicted molar refractivity (Wildman–Crippen MR) is 132 cm³/mol. The molecule has 1 heterocycles. The summed E-state index contributed by atoms with van der Waals surface area (Å²) < 4.78 is 0.500. The van der Waals surface area contributed by atoms with Crippen LogP contribution in [0.5, 0.6) is 0 Å². The van der Waals surface area contributed by atoms with Gasteiger partial charge in [-0.3, -0.25) is 14.4 Å². The number of hydrogen-bond acceptors (Lipinski definition) is 7. The Hall–Kier alpha value is -3.44. The summed E-state index contributed by atoms with van der Waals surface area (Å²) in [5.74, 6) is -3.07. The number of aliphatic carboxylic acids is 2. The summed E-state index contributed by atoms with van der Waals surface area (Å²) in [7, 11) is 0. The standard InChI is InChI=1S/C23H23N3O6S2/c27-19(28)9-8-17(22(31)32)25-20(29)15-6-4-13(5-7-15)12-24-16-3-1-2-14(10-16)11-18-21(30)26-23(33)34-18/h1-7,10,17-18,24H,8-9,11-12H2,(H,25,29)(H,27,28)(H,31,32)(H,26,30,33)/t17-,18?/m1/s1. The highest BCUT2D eigenvalue weighted by Gasteiger charge is 2.29. The van der Waals surface area contributed by atoms with E-state index in [4.69, 9.17) is 17.3 Å². The van der Waals surface area contributed by atoms with E-state index < -0.39 is 23.9 Å². The smallest absolute Gasteiger partial charge is 0.326 e. The summed E-state index contributed by atoms with van der Waals surface area (Å²) >= 11 is 6.39. The van der Waals surface area contributed by atoms with Crippen LogP contribution >= 0.6 is 24.0 Å². The van der Waals surface area contributed by atoms with Crippen LogP contribution < -0.4 is 16.0 Å². The van der Waals surface area contributed by atoms with Gasteiger partial charge in [0.05, 0.1) is 5.25 Å². The van der Waals surface area contributed by atoms with Crippen LogP contribution in [0.4, 0.5) is 5.69 Å². The maximum absolute atomic E-state index is 12.3. The second-order valence-electron chi connectivity index (χ2n) is 7.63. The quantitative estimate of drug-likeness (QED) is 0.293. The second kappa shape index (κ2) is 11.6. The van der Waals surface area contributed by atoms with Crippen molar-refractivity contribution in [3.63, 3.8) is 0 Å². The number of carbonyl (C=O) groups excluding carboxylic acids is 2. The van der Waals surface area contributed by atoms with Crippen LogP contribution in [-0.4, -0.2) is 49.6 Å². The maximum Gasteiger partial charge on any atom is 0.326 e. The monoisotopic (exact) mass is 501 g/mol. The Bertz CT molecular complexity index is 1110. The first-order chi connectivity index (χ1) is 16.2. The first kappa shape index (κ1) is 25.2. The van der Waals surface area contributed by atoms with Crippen LogP contribution in [0.1, 0.15) is 34.3 Å². The molecular weight excluding hydrogens is 478 g/mol. The summed E-state index contributed by atoms with van der Waals surface area (Å²) in [4.78, 5) is 46.2. The minimum absolute atomic E-state index is 0.0750. The van der Waals surface area contributed by atoms with E-state index in [-0.39, 0.29) is 29.6 Å². The molecule has 0 saturated carbocycles. The van der Waals surface area contributed by atoms with Gasteiger partial charge in [-0.05, 0) is 48.2 Å². The molecule has 1 aliphatic rings. The molecule has 0 aliphatic carbocycles. The number of thiocarbonyl (C=S) groups is 1. The van der Waals surface area contributed by atoms with Crippen molar-refractivity contribution in [3.05, 3.63) is 65.2 Å². The van der Waals surface area contributed by atoms with E-state index in [1.54, 1.807) is 24.3 Å². The van der Waals surface area contributed by atoms with Gasteiger partial charge in [0, 0.05) is 24.2 Å². The first-order valence-corrected chi connectivity index (χ1v) is 11.7. The van der Waals surface area contributed by atoms with Gasteiger partial charge in [0.15, 0.2) is 0 Å². The fourth-order valence-electron chi connectivity index (χ4n) is 3.29. The van der Waals surface area contributed by atoms with E-state index in [0.717, 1.165) is 16.8 Å². The molecule has 0 aromatic heterocycles. The Kier molecular flexibility index (Phi) is 8.61. The molecule has 0 radical (unpaired) electrons. The van der Waals surface area contributed by atoms with Gasteiger partial charge in [-0.25, -0.2) is 4.79 Å². The highest BCUT2D eigenvalue weighted by Crippen LogP contribution is 2.24. The van der Waals surface area contributed by atoms with E-state index >= 15 is 0 Å². The molecule has 2 aromatic rings. The molecule has 9 nitrogen and oxygen atoms in total. The summed E-state index contributed by atoms with van der Waals surface area (Å²) in [5, 5.41) is 26.0. The predicted octanol–water partition coefficient (Wildman–Crippen LogP) is 2.41. The van der Waals surface area contributed by atoms with Gasteiger partial charge in [-0.15, -0.1) is 0 Å². The number of carboxylic acid groups (broad SMARTS) is 2. The molecule has 2 aromatic carbocycles. The molecule has 178 valence electrons. The van der Waals surface area contributed by atoms with Gasteiger partial charge in [0.25, 0.3) is 5.91 Å². The number of carboxylic acids is 2. The molecule has 5 N–H and O–H groups in total. The average molecular weight is 502 g/mol. The van der Waals surface area contributed by atoms with Gasteiger partial charge in [0.2, 0.25) is 5.91 Å². The molecule has 1 unspecified atom stereocenters. The zero-order chi connectivity index (χ0) is 24.7. The molecule has 2 amide bonds. The Labute approximate surface area is 205 Å². The van der Waals surface area contributed by atoms with Crippen molar-refractivity contribution in [2.45, 2.75) is 37.1 Å². The number of hydrogen-bond donors (Lipinski definition) is 5. The molecule has 34 heavy (non-hydrogen) atoms. The average Bonchev–Trinajstić information content (AvgIpc) is 3.11. The fourth-order valence-corrected chi connectivity index (χ4v) is 4.60. The summed E-state index contributed by atoms with van der Waals surface area (Å²) in [6.07, 6.45) is 0.0111. The SMILES string of the molecule is O=C(O)CC[C@@H](NC(=O)c1ccc(CNc2cccc(CC3SC(=S)NC3=O)c2)cc1)C(=O)O. The number of rotatable bonds is 11. The topological polar surface area (TPSA) is 145 Å². The van der Waals surface area contributed by atoms with Gasteiger partial charge >= 0.3 is 11.9 Å². The summed E-state index contributed by atoms with van der Waals surface area (Å²) in [5.41, 5.74) is 3.06. The molecular formula is C23H23N3O6S2. The lowest BCUT2D eigenvalue weighted by Gasteiger charge is -2.14. The van der Waals surface area contributed by atoms with Crippen molar-refractivity contribution in [2.24, 2.45) is 0 Å². The zero-order valence-corrected chi connectivity index (χ0v) is 19.6. The molecule has 2 atom stereocenters. The molecule has 1 aliphatic heterocycles. The molecule has 3 rings (SSSR count). The third kappa shape index (κ3) is 7.29. The van der Waals surface area contributed by atoms with Crippen LogP contribution in [0.3, 0.4) is 0 Å². The van der Waals surface area contributed by atoms with Crippen molar-refractivity contribution < 1.29 is 29.4 Å². The number of benzene rings is 2. The fraction of sp³-hybridized carbons (Fsp3) is 0.261. The van der Waals surface area contributed by atoms with Crippen molar-refractivity contribution in [2.75, 3.05) is 5.32 Å². The van der Waals surface area contributed by atoms with Gasteiger partial charge in [-0.1, -0.05) is 48.2 Å². The van der Waals surface area contributed by atoms with Gasteiger partial charge < -0.3 is 26.2 Å². The number of nitrogens with one attached hydrogen (secondary N) is 3. The van der Waals surface area contributed by atoms with Crippen LogP contribution in [-0.2, 0) is 27.3 Å². The lowest BCUT2D eigenvalue weighted by atomic mass is 10.1. The van der Waals surface area contributed by atoms with Crippen LogP contribution in [0.2, 0.25) is 0 Å². The van der Waals surface area contributed by atoms with Crippen molar-refractivity contribution in [3.8, 4) is 0 Å². The molecule has 1 fully saturated rings. The number of amides is 2. The van der Waals surface area contributed by atoms with E-state index in [9.17, 15) is 24.3 Å². The van der Waals surface area contributed by atoms with Crippen LogP contribution in [0.25, 0.3) is 0 Å². The molecule has 0 spiro atoms. The van der Waals surface area contributed by atoms with E-state index in [2.05, 4.69) is 16.0 Å². The largest absolute Gasteiger partial charge is 0.481 e. The Morgan fingerprint density at radius 2 is 1.82 bits per heavy atom. The van der Waals surface area contributed by atoms with Gasteiger partial charge in [-0.2, -0.15) is 0 Å². The maximum atomic E-state index is 12.3. The van der Waals surface area contributed by atoms with Crippen molar-refractivity contribution >= 4 is 57.7 Å². The lowest BCUT2D eigenvalue weighted by Crippen LogP contribution is -2.41. The van der Waals surface area contributed by atoms with Gasteiger partial charge in [0.1, 0.15) is 10.4 Å². The Morgan fingerprint density at radius 1 is 1.09 bits per heavy atom. The minimum Gasteiger partial charge on any atom is -0.481 e. The second-order valence-corrected chi connectivity index (χ2v) is 9.51. The molecule has 11 heteroatoms. The zero-order valence-electron chi connectivity index (χ0n) is 17.9. The van der Waals surface area contributed by atoms with E-state index in [0.29, 0.717) is 17.3 Å². The highest BCUT2D eigenvalue weighted by atomic mass is 32.2. The van der Waals surface area contributed by atoms with Crippen LogP contribution in [0.15, 0.2) is 48.5 Å². The Balaban J connectivity index is 1.54. The summed E-state index contributed by atoms with van der Waals surface area (Å²) in [6.45, 7) is 0.491. The number of thioether (sulfide) groups is 1. The van der Waals surface area contributed by atoms with Crippen molar-refractivity contribution in [1.82, 2.24) is 10.6 Å². The first-order valence-electron chi connectivity index (χ1n) is 10.4. The number of anilines is 1. The lowest BCUT2D eigenvalue weighted by molar-refractivity contribution is -0.140. The molecule has 0 bridgehead atoms. The van der Waals surface area contributed by atoms with E-state index in [1.165, 1.54) is 11.8 Å². The van der Waals surface area contributed by atoms with Crippen LogP contribution in [0, 0.1) is 0 Å². The third-order valence-electron chi connectivity index (χ3n) is 5.08. The summed E-state index contributed by atoms with van der Waals surface area (Å²) in [6, 6.07) is 13.1. The van der Waals surface area contributed by atoms with E-state index in [1.807, 2.05) is 24.3 Å². The number of carbonyl (C=O) groups is 4. The molecule has 1 saturated heterocycles. The normalized spacial score (nSPS) is 15.9.